The Bertz CT molecular complexity index is 827. The molecule has 1 N–H and O–H groups in total. The fourth-order valence-electron chi connectivity index (χ4n) is 3.00. The van der Waals surface area contributed by atoms with E-state index in [0.717, 1.165) is 13.0 Å². The molecule has 0 spiro atoms. The zero-order chi connectivity index (χ0) is 17.1. The third-order valence-corrected chi connectivity index (χ3v) is 4.49. The summed E-state index contributed by atoms with van der Waals surface area (Å²) in [6.45, 7) is 0.722. The van der Waals surface area contributed by atoms with Crippen LogP contribution in [-0.2, 0) is 11.2 Å². The second kappa shape index (κ2) is 6.93. The quantitative estimate of drug-likeness (QED) is 0.716. The van der Waals surface area contributed by atoms with Crippen LogP contribution >= 0.6 is 0 Å². The molecule has 0 bridgehead atoms. The Hall–Kier alpha value is -2.89. The molecule has 1 amide bonds. The van der Waals surface area contributed by atoms with Gasteiger partial charge in [-0.05, 0) is 36.0 Å². The second-order valence-electron chi connectivity index (χ2n) is 6.31. The molecule has 6 nitrogen and oxygen atoms in total. The number of benzene rings is 1. The van der Waals surface area contributed by atoms with Crippen LogP contribution < -0.4 is 5.32 Å². The SMILES string of the molecule is O=C(CCc1nc(-c2ccco2)no1)NCC1CC1c1ccccc1. The van der Waals surface area contributed by atoms with E-state index in [0.29, 0.717) is 42.2 Å². The fourth-order valence-corrected chi connectivity index (χ4v) is 3.00. The average Bonchev–Trinajstić information content (AvgIpc) is 3.02. The van der Waals surface area contributed by atoms with Crippen molar-refractivity contribution in [1.29, 1.82) is 0 Å². The smallest absolute Gasteiger partial charge is 0.238 e. The van der Waals surface area contributed by atoms with Gasteiger partial charge in [-0.25, -0.2) is 0 Å². The third-order valence-electron chi connectivity index (χ3n) is 4.49. The molecule has 0 saturated heterocycles. The largest absolute Gasteiger partial charge is 0.461 e. The number of hydrogen-bond acceptors (Lipinski definition) is 5. The van der Waals surface area contributed by atoms with Crippen LogP contribution in [0.25, 0.3) is 11.6 Å². The molecule has 2 heterocycles. The molecular formula is C19H19N3O3. The number of carbonyl (C=O) groups excluding carboxylic acids is 1. The maximum absolute atomic E-state index is 12.0. The predicted octanol–water partition coefficient (Wildman–Crippen LogP) is 3.18. The molecule has 0 aliphatic heterocycles. The van der Waals surface area contributed by atoms with Gasteiger partial charge in [0.1, 0.15) is 0 Å². The van der Waals surface area contributed by atoms with Gasteiger partial charge in [-0.3, -0.25) is 4.79 Å². The van der Waals surface area contributed by atoms with Crippen molar-refractivity contribution in [2.24, 2.45) is 5.92 Å². The lowest BCUT2D eigenvalue weighted by molar-refractivity contribution is -0.121. The van der Waals surface area contributed by atoms with Gasteiger partial charge in [0.05, 0.1) is 6.26 Å². The van der Waals surface area contributed by atoms with E-state index >= 15 is 0 Å². The van der Waals surface area contributed by atoms with Crippen LogP contribution in [0.1, 0.15) is 30.2 Å². The van der Waals surface area contributed by atoms with E-state index in [-0.39, 0.29) is 5.91 Å². The highest BCUT2D eigenvalue weighted by molar-refractivity contribution is 5.76. The Morgan fingerprint density at radius 3 is 2.88 bits per heavy atom. The van der Waals surface area contributed by atoms with Crippen molar-refractivity contribution >= 4 is 5.91 Å². The molecule has 1 aromatic carbocycles. The van der Waals surface area contributed by atoms with Crippen LogP contribution in [0.4, 0.5) is 0 Å². The molecule has 6 heteroatoms. The predicted molar refractivity (Wildman–Crippen MR) is 90.6 cm³/mol. The van der Waals surface area contributed by atoms with Crippen molar-refractivity contribution in [2.75, 3.05) is 6.54 Å². The maximum Gasteiger partial charge on any atom is 0.238 e. The topological polar surface area (TPSA) is 81.2 Å². The Morgan fingerprint density at radius 2 is 2.08 bits per heavy atom. The lowest BCUT2D eigenvalue weighted by atomic mass is 10.1. The molecular weight excluding hydrogens is 318 g/mol. The van der Waals surface area contributed by atoms with Crippen molar-refractivity contribution in [1.82, 2.24) is 15.5 Å². The molecule has 3 aromatic rings. The molecule has 0 radical (unpaired) electrons. The number of aryl methyl sites for hydroxylation is 1. The maximum atomic E-state index is 12.0. The zero-order valence-corrected chi connectivity index (χ0v) is 13.7. The summed E-state index contributed by atoms with van der Waals surface area (Å²) in [6.07, 6.45) is 3.45. The van der Waals surface area contributed by atoms with Crippen molar-refractivity contribution in [2.45, 2.75) is 25.2 Å². The fraction of sp³-hybridized carbons (Fsp3) is 0.316. The molecule has 2 atom stereocenters. The summed E-state index contributed by atoms with van der Waals surface area (Å²) < 4.78 is 10.4. The minimum atomic E-state index is 0.0106. The van der Waals surface area contributed by atoms with Crippen LogP contribution in [0.5, 0.6) is 0 Å². The van der Waals surface area contributed by atoms with Crippen LogP contribution in [0.3, 0.4) is 0 Å². The van der Waals surface area contributed by atoms with E-state index in [4.69, 9.17) is 8.94 Å². The van der Waals surface area contributed by atoms with E-state index in [1.165, 1.54) is 5.56 Å². The molecule has 1 saturated carbocycles. The summed E-state index contributed by atoms with van der Waals surface area (Å²) in [4.78, 5) is 16.2. The van der Waals surface area contributed by atoms with Crippen LogP contribution in [0, 0.1) is 5.92 Å². The van der Waals surface area contributed by atoms with Gasteiger partial charge in [-0.15, -0.1) is 0 Å². The van der Waals surface area contributed by atoms with E-state index in [9.17, 15) is 4.79 Å². The number of furan rings is 1. The molecule has 1 aliphatic rings. The van der Waals surface area contributed by atoms with Crippen LogP contribution in [-0.4, -0.2) is 22.6 Å². The van der Waals surface area contributed by atoms with Crippen LogP contribution in [0.2, 0.25) is 0 Å². The first-order valence-electron chi connectivity index (χ1n) is 8.47. The molecule has 4 rings (SSSR count). The lowest BCUT2D eigenvalue weighted by Crippen LogP contribution is -2.26. The number of nitrogens with zero attached hydrogens (tertiary/aromatic N) is 2. The first-order chi connectivity index (χ1) is 12.3. The summed E-state index contributed by atoms with van der Waals surface area (Å²) in [6, 6.07) is 14.0. The average molecular weight is 337 g/mol. The summed E-state index contributed by atoms with van der Waals surface area (Å²) in [5.74, 6) is 2.53. The number of nitrogens with one attached hydrogen (secondary N) is 1. The molecule has 2 aromatic heterocycles. The minimum Gasteiger partial charge on any atom is -0.461 e. The molecule has 25 heavy (non-hydrogen) atoms. The Labute approximate surface area is 145 Å². The number of amides is 1. The zero-order valence-electron chi connectivity index (χ0n) is 13.7. The Balaban J connectivity index is 1.20. The Morgan fingerprint density at radius 1 is 1.20 bits per heavy atom. The summed E-state index contributed by atoms with van der Waals surface area (Å²) in [7, 11) is 0. The van der Waals surface area contributed by atoms with Gasteiger partial charge in [0.25, 0.3) is 0 Å². The highest BCUT2D eigenvalue weighted by Crippen LogP contribution is 2.46. The van der Waals surface area contributed by atoms with E-state index in [1.54, 1.807) is 18.4 Å². The van der Waals surface area contributed by atoms with Gasteiger partial charge < -0.3 is 14.3 Å². The van der Waals surface area contributed by atoms with Gasteiger partial charge in [-0.2, -0.15) is 4.98 Å². The lowest BCUT2D eigenvalue weighted by Gasteiger charge is -2.04. The third kappa shape index (κ3) is 3.79. The second-order valence-corrected chi connectivity index (χ2v) is 6.31. The highest BCUT2D eigenvalue weighted by atomic mass is 16.5. The number of rotatable bonds is 7. The Kier molecular flexibility index (Phi) is 4.33. The highest BCUT2D eigenvalue weighted by Gasteiger charge is 2.37. The summed E-state index contributed by atoms with van der Waals surface area (Å²) in [5.41, 5.74) is 1.36. The first kappa shape index (κ1) is 15.6. The standard InChI is InChI=1S/C19H19N3O3/c23-17(20-12-14-11-15(14)13-5-2-1-3-6-13)8-9-18-21-19(22-25-18)16-7-4-10-24-16/h1-7,10,14-15H,8-9,11-12H2,(H,20,23). The number of carbonyl (C=O) groups is 1. The van der Waals surface area contributed by atoms with E-state index in [1.807, 2.05) is 6.07 Å². The molecule has 2 unspecified atom stereocenters. The van der Waals surface area contributed by atoms with E-state index < -0.39 is 0 Å². The molecule has 1 aliphatic carbocycles. The minimum absolute atomic E-state index is 0.0106. The van der Waals surface area contributed by atoms with Gasteiger partial charge in [-0.1, -0.05) is 35.5 Å². The first-order valence-corrected chi connectivity index (χ1v) is 8.47. The number of aromatic nitrogens is 2. The molecule has 128 valence electrons. The van der Waals surface area contributed by atoms with Gasteiger partial charge in [0, 0.05) is 19.4 Å². The van der Waals surface area contributed by atoms with Crippen molar-refractivity contribution in [3.05, 3.63) is 60.2 Å². The van der Waals surface area contributed by atoms with Crippen molar-refractivity contribution in [3.63, 3.8) is 0 Å². The van der Waals surface area contributed by atoms with Crippen molar-refractivity contribution < 1.29 is 13.7 Å². The monoisotopic (exact) mass is 337 g/mol. The van der Waals surface area contributed by atoms with Crippen molar-refractivity contribution in [3.8, 4) is 11.6 Å². The van der Waals surface area contributed by atoms with Crippen LogP contribution in [0.15, 0.2) is 57.7 Å². The molecule has 1 fully saturated rings. The normalized spacial score (nSPS) is 18.9. The van der Waals surface area contributed by atoms with E-state index in [2.05, 4.69) is 39.7 Å². The summed E-state index contributed by atoms with van der Waals surface area (Å²) in [5, 5.41) is 6.85. The summed E-state index contributed by atoms with van der Waals surface area (Å²) >= 11 is 0. The van der Waals surface area contributed by atoms with Gasteiger partial charge >= 0.3 is 0 Å². The van der Waals surface area contributed by atoms with Gasteiger partial charge in [0.2, 0.25) is 17.6 Å². The number of hydrogen-bond donors (Lipinski definition) is 1. The van der Waals surface area contributed by atoms with Gasteiger partial charge in [0.15, 0.2) is 5.76 Å².